The molecular formula is C18H20N4O3. The van der Waals surface area contributed by atoms with Gasteiger partial charge in [0.1, 0.15) is 5.82 Å². The Kier molecular flexibility index (Phi) is 5.37. The van der Waals surface area contributed by atoms with Gasteiger partial charge in [0.2, 0.25) is 5.91 Å². The molecule has 130 valence electrons. The first-order valence-electron chi connectivity index (χ1n) is 7.98. The van der Waals surface area contributed by atoms with Crippen molar-refractivity contribution in [1.82, 2.24) is 14.8 Å². The number of benzene rings is 1. The molecule has 0 unspecified atom stereocenters. The van der Waals surface area contributed by atoms with Crippen LogP contribution in [0.15, 0.2) is 42.6 Å². The molecule has 3 rings (SSSR count). The SMILES string of the molecule is CC(=O)n1nc(COCCOCc2ccccc2)c2cc(N)ncc21. The fraction of sp³-hybridized carbons (Fsp3) is 0.278. The molecule has 0 atom stereocenters. The lowest BCUT2D eigenvalue weighted by Crippen LogP contribution is -2.08. The van der Waals surface area contributed by atoms with Crippen LogP contribution in [-0.4, -0.2) is 33.9 Å². The van der Waals surface area contributed by atoms with E-state index in [1.807, 2.05) is 30.3 Å². The Hall–Kier alpha value is -2.77. The van der Waals surface area contributed by atoms with Gasteiger partial charge < -0.3 is 15.2 Å². The van der Waals surface area contributed by atoms with Crippen molar-refractivity contribution in [2.75, 3.05) is 18.9 Å². The highest BCUT2D eigenvalue weighted by molar-refractivity contribution is 5.91. The van der Waals surface area contributed by atoms with Gasteiger partial charge in [-0.3, -0.25) is 4.79 Å². The molecule has 25 heavy (non-hydrogen) atoms. The molecule has 7 heteroatoms. The van der Waals surface area contributed by atoms with Gasteiger partial charge in [-0.25, -0.2) is 4.98 Å². The third kappa shape index (κ3) is 4.20. The molecule has 2 heterocycles. The van der Waals surface area contributed by atoms with Crippen LogP contribution in [0.25, 0.3) is 10.9 Å². The minimum absolute atomic E-state index is 0.186. The second-order valence-electron chi connectivity index (χ2n) is 5.59. The highest BCUT2D eigenvalue weighted by Gasteiger charge is 2.14. The molecule has 0 radical (unpaired) electrons. The van der Waals surface area contributed by atoms with Gasteiger partial charge in [0, 0.05) is 12.3 Å². The summed E-state index contributed by atoms with van der Waals surface area (Å²) in [5.74, 6) is 0.192. The highest BCUT2D eigenvalue weighted by atomic mass is 16.5. The van der Waals surface area contributed by atoms with E-state index in [1.165, 1.54) is 11.6 Å². The van der Waals surface area contributed by atoms with Crippen molar-refractivity contribution < 1.29 is 14.3 Å². The second-order valence-corrected chi connectivity index (χ2v) is 5.59. The monoisotopic (exact) mass is 340 g/mol. The molecule has 0 amide bonds. The van der Waals surface area contributed by atoms with Gasteiger partial charge in [-0.15, -0.1) is 0 Å². The summed E-state index contributed by atoms with van der Waals surface area (Å²) in [4.78, 5) is 15.7. The van der Waals surface area contributed by atoms with Crippen LogP contribution in [0.3, 0.4) is 0 Å². The number of ether oxygens (including phenoxy) is 2. The molecule has 0 saturated heterocycles. The first-order valence-corrected chi connectivity index (χ1v) is 7.98. The summed E-state index contributed by atoms with van der Waals surface area (Å²) in [7, 11) is 0. The molecule has 2 aromatic heterocycles. The second kappa shape index (κ2) is 7.87. The normalized spacial score (nSPS) is 11.1. The van der Waals surface area contributed by atoms with Gasteiger partial charge in [-0.1, -0.05) is 30.3 Å². The number of carbonyl (C=O) groups is 1. The van der Waals surface area contributed by atoms with Gasteiger partial charge >= 0.3 is 0 Å². The van der Waals surface area contributed by atoms with E-state index >= 15 is 0 Å². The molecule has 0 saturated carbocycles. The van der Waals surface area contributed by atoms with E-state index in [0.29, 0.717) is 36.8 Å². The minimum atomic E-state index is -0.186. The lowest BCUT2D eigenvalue weighted by atomic mass is 10.2. The van der Waals surface area contributed by atoms with Crippen LogP contribution in [0, 0.1) is 0 Å². The van der Waals surface area contributed by atoms with E-state index in [9.17, 15) is 4.79 Å². The molecule has 7 nitrogen and oxygen atoms in total. The van der Waals surface area contributed by atoms with Gasteiger partial charge in [-0.05, 0) is 11.6 Å². The molecular weight excluding hydrogens is 320 g/mol. The zero-order valence-corrected chi connectivity index (χ0v) is 14.0. The molecule has 0 fully saturated rings. The van der Waals surface area contributed by atoms with Gasteiger partial charge in [0.15, 0.2) is 0 Å². The van der Waals surface area contributed by atoms with E-state index in [4.69, 9.17) is 15.2 Å². The zero-order valence-electron chi connectivity index (χ0n) is 14.0. The van der Waals surface area contributed by atoms with E-state index < -0.39 is 0 Å². The average Bonchev–Trinajstić information content (AvgIpc) is 2.97. The van der Waals surface area contributed by atoms with Gasteiger partial charge in [0.25, 0.3) is 0 Å². The van der Waals surface area contributed by atoms with Gasteiger partial charge in [-0.2, -0.15) is 9.78 Å². The Labute approximate surface area is 145 Å². The maximum atomic E-state index is 11.7. The van der Waals surface area contributed by atoms with Crippen molar-refractivity contribution in [3.8, 4) is 0 Å². The molecule has 3 aromatic rings. The predicted molar refractivity (Wildman–Crippen MR) is 94.0 cm³/mol. The lowest BCUT2D eigenvalue weighted by molar-refractivity contribution is 0.0330. The Morgan fingerprint density at radius 3 is 2.60 bits per heavy atom. The standard InChI is InChI=1S/C18H20N4O3/c1-13(23)22-17-10-20-18(19)9-15(17)16(21-22)12-25-8-7-24-11-14-5-3-2-4-6-14/h2-6,9-10H,7-8,11-12H2,1H3,(H2,19,20). The van der Waals surface area contributed by atoms with Crippen molar-refractivity contribution in [2.45, 2.75) is 20.1 Å². The third-order valence-electron chi connectivity index (χ3n) is 3.68. The number of nitrogen functional groups attached to an aromatic ring is 1. The van der Waals surface area contributed by atoms with E-state index in [1.54, 1.807) is 12.3 Å². The fourth-order valence-corrected chi connectivity index (χ4v) is 2.49. The Morgan fingerprint density at radius 2 is 1.88 bits per heavy atom. The Bertz CT molecular complexity index is 861. The first kappa shape index (κ1) is 17.1. The highest BCUT2D eigenvalue weighted by Crippen LogP contribution is 2.20. The molecule has 0 spiro atoms. The smallest absolute Gasteiger partial charge is 0.244 e. The number of nitrogens with two attached hydrogens (primary N) is 1. The topological polar surface area (TPSA) is 92.3 Å². The largest absolute Gasteiger partial charge is 0.384 e. The maximum Gasteiger partial charge on any atom is 0.244 e. The minimum Gasteiger partial charge on any atom is -0.384 e. The number of hydrogen-bond donors (Lipinski definition) is 1. The van der Waals surface area contributed by atoms with Crippen molar-refractivity contribution in [3.05, 3.63) is 53.9 Å². The fourth-order valence-electron chi connectivity index (χ4n) is 2.49. The number of anilines is 1. The number of carbonyl (C=O) groups excluding carboxylic acids is 1. The molecule has 0 aliphatic heterocycles. The van der Waals surface area contributed by atoms with Crippen molar-refractivity contribution in [1.29, 1.82) is 0 Å². The van der Waals surface area contributed by atoms with Crippen LogP contribution in [0.4, 0.5) is 5.82 Å². The third-order valence-corrected chi connectivity index (χ3v) is 3.68. The van der Waals surface area contributed by atoms with Gasteiger partial charge in [0.05, 0.1) is 43.8 Å². The average molecular weight is 340 g/mol. The van der Waals surface area contributed by atoms with E-state index in [0.717, 1.165) is 10.9 Å². The zero-order chi connectivity index (χ0) is 17.6. The Morgan fingerprint density at radius 1 is 1.16 bits per heavy atom. The summed E-state index contributed by atoms with van der Waals surface area (Å²) >= 11 is 0. The predicted octanol–water partition coefficient (Wildman–Crippen LogP) is 2.41. The Balaban J connectivity index is 1.54. The van der Waals surface area contributed by atoms with Crippen molar-refractivity contribution >= 4 is 22.6 Å². The maximum absolute atomic E-state index is 11.7. The lowest BCUT2D eigenvalue weighted by Gasteiger charge is -2.05. The number of rotatable bonds is 7. The van der Waals surface area contributed by atoms with Crippen LogP contribution in [0.5, 0.6) is 0 Å². The number of nitrogens with zero attached hydrogens (tertiary/aromatic N) is 3. The summed E-state index contributed by atoms with van der Waals surface area (Å²) in [5, 5.41) is 5.07. The van der Waals surface area contributed by atoms with E-state index in [2.05, 4.69) is 10.1 Å². The van der Waals surface area contributed by atoms with Crippen LogP contribution in [0.2, 0.25) is 0 Å². The summed E-state index contributed by atoms with van der Waals surface area (Å²) < 4.78 is 12.5. The van der Waals surface area contributed by atoms with Crippen molar-refractivity contribution in [2.24, 2.45) is 0 Å². The summed E-state index contributed by atoms with van der Waals surface area (Å²) in [6.45, 7) is 3.18. The summed E-state index contributed by atoms with van der Waals surface area (Å²) in [6, 6.07) is 11.7. The summed E-state index contributed by atoms with van der Waals surface area (Å²) in [6.07, 6.45) is 1.55. The van der Waals surface area contributed by atoms with Crippen LogP contribution in [0.1, 0.15) is 23.0 Å². The van der Waals surface area contributed by atoms with E-state index in [-0.39, 0.29) is 12.5 Å². The first-order chi connectivity index (χ1) is 12.1. The molecule has 1 aromatic carbocycles. The van der Waals surface area contributed by atoms with Crippen LogP contribution < -0.4 is 5.73 Å². The molecule has 2 N–H and O–H groups in total. The molecule has 0 aliphatic carbocycles. The quantitative estimate of drug-likeness (QED) is 0.664. The number of fused-ring (bicyclic) bond motifs is 1. The van der Waals surface area contributed by atoms with Crippen LogP contribution in [-0.2, 0) is 22.7 Å². The molecule has 0 bridgehead atoms. The number of aromatic nitrogens is 3. The van der Waals surface area contributed by atoms with Crippen LogP contribution >= 0.6 is 0 Å². The van der Waals surface area contributed by atoms with Crippen molar-refractivity contribution in [3.63, 3.8) is 0 Å². The number of pyridine rings is 1. The number of hydrogen-bond acceptors (Lipinski definition) is 6. The molecule has 0 aliphatic rings. The summed E-state index contributed by atoms with van der Waals surface area (Å²) in [5.41, 5.74) is 8.14.